The van der Waals surface area contributed by atoms with Gasteiger partial charge in [-0.25, -0.2) is 0 Å². The maximum absolute atomic E-state index is 12.0. The molecule has 100 valence electrons. The first-order chi connectivity index (χ1) is 8.77. The number of hydrogen-bond acceptors (Lipinski definition) is 3. The molecule has 1 N–H and O–H groups in total. The van der Waals surface area contributed by atoms with Crippen LogP contribution in [-0.2, 0) is 11.3 Å². The summed E-state index contributed by atoms with van der Waals surface area (Å²) in [6, 6.07) is 5.79. The lowest BCUT2D eigenvalue weighted by Gasteiger charge is -2.21. The lowest BCUT2D eigenvalue weighted by Crippen LogP contribution is -2.39. The third kappa shape index (κ3) is 5.27. The molecule has 18 heavy (non-hydrogen) atoms. The summed E-state index contributed by atoms with van der Waals surface area (Å²) in [6.07, 6.45) is 3.78. The summed E-state index contributed by atoms with van der Waals surface area (Å²) in [6.45, 7) is 6.90. The Morgan fingerprint density at radius 3 is 2.56 bits per heavy atom. The highest BCUT2D eigenvalue weighted by atomic mass is 16.2. The van der Waals surface area contributed by atoms with Crippen molar-refractivity contribution in [1.29, 1.82) is 0 Å². The van der Waals surface area contributed by atoms with E-state index in [1.165, 1.54) is 0 Å². The Bertz CT molecular complexity index is 334. The number of pyridine rings is 1. The second kappa shape index (κ2) is 8.64. The molecule has 0 aliphatic carbocycles. The first kappa shape index (κ1) is 14.6. The maximum atomic E-state index is 12.0. The zero-order valence-corrected chi connectivity index (χ0v) is 11.4. The third-order valence-corrected chi connectivity index (χ3v) is 2.65. The van der Waals surface area contributed by atoms with Crippen LogP contribution in [0.4, 0.5) is 0 Å². The number of amides is 1. The van der Waals surface area contributed by atoms with Crippen molar-refractivity contribution < 1.29 is 4.79 Å². The van der Waals surface area contributed by atoms with Gasteiger partial charge in [0.2, 0.25) is 5.91 Å². The van der Waals surface area contributed by atoms with Crippen LogP contribution in [0.3, 0.4) is 0 Å². The number of carbonyl (C=O) groups excluding carboxylic acids is 1. The van der Waals surface area contributed by atoms with E-state index in [1.807, 2.05) is 23.1 Å². The molecule has 4 nitrogen and oxygen atoms in total. The molecular weight excluding hydrogens is 226 g/mol. The number of hydrogen-bond donors (Lipinski definition) is 1. The van der Waals surface area contributed by atoms with Crippen molar-refractivity contribution in [2.45, 2.75) is 33.2 Å². The molecular formula is C14H23N3O. The van der Waals surface area contributed by atoms with Gasteiger partial charge in [-0.05, 0) is 25.0 Å². The summed E-state index contributed by atoms with van der Waals surface area (Å²) < 4.78 is 0. The van der Waals surface area contributed by atoms with Gasteiger partial charge in [-0.2, -0.15) is 0 Å². The average Bonchev–Trinajstić information content (AvgIpc) is 2.39. The second-order valence-electron chi connectivity index (χ2n) is 4.31. The standard InChI is InChI=1S/C14H23N3O/c1-3-9-17(10-4-2)14(18)12-15-11-13-7-5-6-8-16-13/h5-8,15H,3-4,9-12H2,1-2H3. The molecule has 1 aromatic rings. The van der Waals surface area contributed by atoms with Crippen molar-refractivity contribution in [3.05, 3.63) is 30.1 Å². The molecule has 0 saturated heterocycles. The van der Waals surface area contributed by atoms with E-state index in [1.54, 1.807) is 6.20 Å². The van der Waals surface area contributed by atoms with Gasteiger partial charge in [0.1, 0.15) is 0 Å². The Morgan fingerprint density at radius 2 is 2.00 bits per heavy atom. The van der Waals surface area contributed by atoms with E-state index in [2.05, 4.69) is 24.1 Å². The van der Waals surface area contributed by atoms with Crippen LogP contribution in [0.25, 0.3) is 0 Å². The van der Waals surface area contributed by atoms with E-state index in [9.17, 15) is 4.79 Å². The summed E-state index contributed by atoms with van der Waals surface area (Å²) in [5.74, 6) is 0.176. The fourth-order valence-corrected chi connectivity index (χ4v) is 1.81. The van der Waals surface area contributed by atoms with Crippen molar-refractivity contribution in [2.24, 2.45) is 0 Å². The van der Waals surface area contributed by atoms with Crippen LogP contribution >= 0.6 is 0 Å². The lowest BCUT2D eigenvalue weighted by atomic mass is 10.3. The molecule has 0 atom stereocenters. The van der Waals surface area contributed by atoms with Crippen LogP contribution in [0, 0.1) is 0 Å². The molecule has 0 radical (unpaired) electrons. The molecule has 1 heterocycles. The lowest BCUT2D eigenvalue weighted by molar-refractivity contribution is -0.130. The quantitative estimate of drug-likeness (QED) is 0.764. The molecule has 0 unspecified atom stereocenters. The van der Waals surface area contributed by atoms with Gasteiger partial charge < -0.3 is 10.2 Å². The first-order valence-electron chi connectivity index (χ1n) is 6.66. The molecule has 0 bridgehead atoms. The molecule has 1 amide bonds. The van der Waals surface area contributed by atoms with Gasteiger partial charge in [0.25, 0.3) is 0 Å². The summed E-state index contributed by atoms with van der Waals surface area (Å²) >= 11 is 0. The minimum atomic E-state index is 0.176. The van der Waals surface area contributed by atoms with E-state index in [0.29, 0.717) is 13.1 Å². The number of carbonyl (C=O) groups is 1. The fraction of sp³-hybridized carbons (Fsp3) is 0.571. The molecule has 1 rings (SSSR count). The summed E-state index contributed by atoms with van der Waals surface area (Å²) in [4.78, 5) is 18.1. The van der Waals surface area contributed by atoms with Gasteiger partial charge in [-0.15, -0.1) is 0 Å². The van der Waals surface area contributed by atoms with Gasteiger partial charge in [0, 0.05) is 25.8 Å². The van der Waals surface area contributed by atoms with Crippen molar-refractivity contribution >= 4 is 5.91 Å². The van der Waals surface area contributed by atoms with Gasteiger partial charge in [-0.3, -0.25) is 9.78 Å². The van der Waals surface area contributed by atoms with Crippen LogP contribution in [0.5, 0.6) is 0 Å². The van der Waals surface area contributed by atoms with E-state index in [0.717, 1.165) is 31.6 Å². The van der Waals surface area contributed by atoms with Gasteiger partial charge in [0.15, 0.2) is 0 Å². The number of aromatic nitrogens is 1. The van der Waals surface area contributed by atoms with Crippen molar-refractivity contribution in [3.63, 3.8) is 0 Å². The summed E-state index contributed by atoms with van der Waals surface area (Å²) in [7, 11) is 0. The SMILES string of the molecule is CCCN(CCC)C(=O)CNCc1ccccn1. The Labute approximate surface area is 109 Å². The Balaban J connectivity index is 2.30. The fourth-order valence-electron chi connectivity index (χ4n) is 1.81. The summed E-state index contributed by atoms with van der Waals surface area (Å²) in [5.41, 5.74) is 0.961. The van der Waals surface area contributed by atoms with Crippen molar-refractivity contribution in [1.82, 2.24) is 15.2 Å². The van der Waals surface area contributed by atoms with Crippen LogP contribution in [-0.4, -0.2) is 35.4 Å². The van der Waals surface area contributed by atoms with Crippen molar-refractivity contribution in [3.8, 4) is 0 Å². The molecule has 0 saturated carbocycles. The Morgan fingerprint density at radius 1 is 1.28 bits per heavy atom. The highest BCUT2D eigenvalue weighted by Crippen LogP contribution is 1.96. The number of nitrogens with one attached hydrogen (secondary N) is 1. The van der Waals surface area contributed by atoms with Crippen LogP contribution in [0.2, 0.25) is 0 Å². The average molecular weight is 249 g/mol. The number of nitrogens with zero attached hydrogens (tertiary/aromatic N) is 2. The van der Waals surface area contributed by atoms with Gasteiger partial charge >= 0.3 is 0 Å². The Hall–Kier alpha value is -1.42. The topological polar surface area (TPSA) is 45.2 Å². The number of rotatable bonds is 8. The highest BCUT2D eigenvalue weighted by molar-refractivity contribution is 5.78. The zero-order chi connectivity index (χ0) is 13.2. The van der Waals surface area contributed by atoms with E-state index < -0.39 is 0 Å². The third-order valence-electron chi connectivity index (χ3n) is 2.65. The molecule has 4 heteroatoms. The minimum absolute atomic E-state index is 0.176. The molecule has 0 aromatic carbocycles. The second-order valence-corrected chi connectivity index (χ2v) is 4.31. The van der Waals surface area contributed by atoms with Crippen LogP contribution in [0.15, 0.2) is 24.4 Å². The van der Waals surface area contributed by atoms with E-state index >= 15 is 0 Å². The van der Waals surface area contributed by atoms with Crippen LogP contribution < -0.4 is 5.32 Å². The molecule has 0 fully saturated rings. The summed E-state index contributed by atoms with van der Waals surface area (Å²) in [5, 5.41) is 3.15. The maximum Gasteiger partial charge on any atom is 0.236 e. The zero-order valence-electron chi connectivity index (χ0n) is 11.4. The van der Waals surface area contributed by atoms with Crippen LogP contribution in [0.1, 0.15) is 32.4 Å². The Kier molecular flexibility index (Phi) is 7.03. The molecule has 0 aliphatic heterocycles. The smallest absolute Gasteiger partial charge is 0.236 e. The predicted octanol–water partition coefficient (Wildman–Crippen LogP) is 1.82. The van der Waals surface area contributed by atoms with Gasteiger partial charge in [-0.1, -0.05) is 19.9 Å². The monoisotopic (exact) mass is 249 g/mol. The highest BCUT2D eigenvalue weighted by Gasteiger charge is 2.10. The normalized spacial score (nSPS) is 10.3. The van der Waals surface area contributed by atoms with E-state index in [-0.39, 0.29) is 5.91 Å². The predicted molar refractivity (Wildman–Crippen MR) is 73.1 cm³/mol. The largest absolute Gasteiger partial charge is 0.342 e. The first-order valence-corrected chi connectivity index (χ1v) is 6.66. The van der Waals surface area contributed by atoms with E-state index in [4.69, 9.17) is 0 Å². The molecule has 0 aliphatic rings. The molecule has 1 aromatic heterocycles. The minimum Gasteiger partial charge on any atom is -0.342 e. The molecule has 0 spiro atoms. The van der Waals surface area contributed by atoms with Crippen molar-refractivity contribution in [2.75, 3.05) is 19.6 Å². The van der Waals surface area contributed by atoms with Gasteiger partial charge in [0.05, 0.1) is 12.2 Å².